The second-order valence-corrected chi connectivity index (χ2v) is 4.71. The third-order valence-corrected chi connectivity index (χ3v) is 3.14. The highest BCUT2D eigenvalue weighted by Crippen LogP contribution is 2.18. The predicted octanol–water partition coefficient (Wildman–Crippen LogP) is 1.47. The van der Waals surface area contributed by atoms with Crippen molar-refractivity contribution >= 4 is 5.91 Å². The van der Waals surface area contributed by atoms with Gasteiger partial charge < -0.3 is 14.8 Å². The Morgan fingerprint density at radius 3 is 3.05 bits per heavy atom. The van der Waals surface area contributed by atoms with Crippen LogP contribution in [0, 0.1) is 0 Å². The second kappa shape index (κ2) is 6.30. The number of fused-ring (bicyclic) bond motifs is 1. The van der Waals surface area contributed by atoms with E-state index in [1.807, 2.05) is 30.3 Å². The van der Waals surface area contributed by atoms with Gasteiger partial charge in [0.05, 0.1) is 13.2 Å². The van der Waals surface area contributed by atoms with Gasteiger partial charge in [0.25, 0.3) is 5.91 Å². The molecule has 3 rings (SSSR count). The van der Waals surface area contributed by atoms with Gasteiger partial charge >= 0.3 is 0 Å². The summed E-state index contributed by atoms with van der Waals surface area (Å²) in [5, 5.41) is 7.01. The molecule has 1 N–H and O–H groups in total. The Morgan fingerprint density at radius 1 is 1.38 bits per heavy atom. The molecule has 0 unspecified atom stereocenters. The molecule has 1 aliphatic heterocycles. The molecule has 0 bridgehead atoms. The number of hydrogen-bond acceptors (Lipinski definition) is 4. The number of rotatable bonds is 5. The van der Waals surface area contributed by atoms with Crippen LogP contribution in [0.5, 0.6) is 11.6 Å². The van der Waals surface area contributed by atoms with E-state index < -0.39 is 0 Å². The first-order valence-corrected chi connectivity index (χ1v) is 6.99. The molecule has 6 heteroatoms. The summed E-state index contributed by atoms with van der Waals surface area (Å²) < 4.78 is 12.7. The molecule has 0 spiro atoms. The first-order valence-electron chi connectivity index (χ1n) is 6.99. The number of nitrogens with one attached hydrogen (secondary N) is 1. The van der Waals surface area contributed by atoms with Crippen molar-refractivity contribution in [1.29, 1.82) is 0 Å². The van der Waals surface area contributed by atoms with E-state index in [0.717, 1.165) is 18.7 Å². The zero-order valence-corrected chi connectivity index (χ0v) is 11.6. The van der Waals surface area contributed by atoms with Crippen LogP contribution in [0.25, 0.3) is 0 Å². The Morgan fingerprint density at radius 2 is 2.24 bits per heavy atom. The summed E-state index contributed by atoms with van der Waals surface area (Å²) in [5.41, 5.74) is 0.381. The van der Waals surface area contributed by atoms with Crippen LogP contribution in [-0.2, 0) is 6.54 Å². The van der Waals surface area contributed by atoms with E-state index in [1.165, 1.54) is 0 Å². The normalized spacial score (nSPS) is 13.1. The molecule has 110 valence electrons. The van der Waals surface area contributed by atoms with Crippen molar-refractivity contribution < 1.29 is 14.3 Å². The molecule has 2 heterocycles. The van der Waals surface area contributed by atoms with E-state index in [1.54, 1.807) is 10.7 Å². The van der Waals surface area contributed by atoms with Gasteiger partial charge in [-0.25, -0.2) is 4.68 Å². The summed E-state index contributed by atoms with van der Waals surface area (Å²) in [5.74, 6) is 1.24. The molecule has 0 saturated carbocycles. The largest absolute Gasteiger partial charge is 0.492 e. The summed E-state index contributed by atoms with van der Waals surface area (Å²) in [6.07, 6.45) is 0.917. The van der Waals surface area contributed by atoms with Gasteiger partial charge in [0.1, 0.15) is 12.4 Å². The Bertz CT molecular complexity index is 586. The minimum atomic E-state index is -0.211. The Balaban J connectivity index is 1.47. The minimum absolute atomic E-state index is 0.211. The number of carbonyl (C=O) groups excluding carboxylic acids is 1. The molecule has 2 aromatic rings. The van der Waals surface area contributed by atoms with Crippen LogP contribution in [0.2, 0.25) is 0 Å². The SMILES string of the molecule is O=C(NCCOc1ccccc1)c1cc2n(n1)CCCO2. The van der Waals surface area contributed by atoms with E-state index >= 15 is 0 Å². The molecule has 1 aliphatic rings. The maximum absolute atomic E-state index is 12.0. The Labute approximate surface area is 122 Å². The summed E-state index contributed by atoms with van der Waals surface area (Å²) in [7, 11) is 0. The fraction of sp³-hybridized carbons (Fsp3) is 0.333. The zero-order chi connectivity index (χ0) is 14.5. The lowest BCUT2D eigenvalue weighted by molar-refractivity contribution is 0.0941. The van der Waals surface area contributed by atoms with Crippen molar-refractivity contribution in [3.05, 3.63) is 42.1 Å². The van der Waals surface area contributed by atoms with Crippen molar-refractivity contribution in [1.82, 2.24) is 15.1 Å². The molecule has 1 aromatic carbocycles. The van der Waals surface area contributed by atoms with Gasteiger partial charge in [-0.3, -0.25) is 4.79 Å². The van der Waals surface area contributed by atoms with Gasteiger partial charge in [0.15, 0.2) is 5.69 Å². The average molecular weight is 287 g/mol. The lowest BCUT2D eigenvalue weighted by atomic mass is 10.3. The highest BCUT2D eigenvalue weighted by atomic mass is 16.5. The van der Waals surface area contributed by atoms with E-state index in [9.17, 15) is 4.79 Å². The standard InChI is InChI=1S/C15H17N3O3/c19-15(13-11-14-18(17-13)8-4-9-21-14)16-7-10-20-12-5-2-1-3-6-12/h1-3,5-6,11H,4,7-10H2,(H,16,19). The third-order valence-electron chi connectivity index (χ3n) is 3.14. The lowest BCUT2D eigenvalue weighted by Gasteiger charge is -2.13. The van der Waals surface area contributed by atoms with E-state index in [2.05, 4.69) is 10.4 Å². The lowest BCUT2D eigenvalue weighted by Crippen LogP contribution is -2.28. The average Bonchev–Trinajstić information content (AvgIpc) is 2.96. The quantitative estimate of drug-likeness (QED) is 0.846. The number of hydrogen-bond donors (Lipinski definition) is 1. The van der Waals surface area contributed by atoms with Crippen LogP contribution >= 0.6 is 0 Å². The third kappa shape index (κ3) is 3.34. The Hall–Kier alpha value is -2.50. The number of carbonyl (C=O) groups is 1. The predicted molar refractivity (Wildman–Crippen MR) is 76.6 cm³/mol. The maximum atomic E-state index is 12.0. The zero-order valence-electron chi connectivity index (χ0n) is 11.6. The molecule has 0 aliphatic carbocycles. The summed E-state index contributed by atoms with van der Waals surface area (Å²) in [4.78, 5) is 12.0. The summed E-state index contributed by atoms with van der Waals surface area (Å²) in [6, 6.07) is 11.2. The van der Waals surface area contributed by atoms with Crippen LogP contribution in [0.1, 0.15) is 16.9 Å². The first-order chi connectivity index (χ1) is 10.3. The van der Waals surface area contributed by atoms with Crippen molar-refractivity contribution in [2.24, 2.45) is 0 Å². The molecular formula is C15H17N3O3. The van der Waals surface area contributed by atoms with Crippen LogP contribution in [0.15, 0.2) is 36.4 Å². The number of aryl methyl sites for hydroxylation is 1. The molecule has 1 amide bonds. The number of benzene rings is 1. The van der Waals surface area contributed by atoms with Gasteiger partial charge in [0.2, 0.25) is 5.88 Å². The molecule has 0 fully saturated rings. The number of nitrogens with zero attached hydrogens (tertiary/aromatic N) is 2. The molecule has 6 nitrogen and oxygen atoms in total. The highest BCUT2D eigenvalue weighted by Gasteiger charge is 2.17. The topological polar surface area (TPSA) is 65.4 Å². The van der Waals surface area contributed by atoms with Crippen molar-refractivity contribution in [3.8, 4) is 11.6 Å². The maximum Gasteiger partial charge on any atom is 0.272 e. The molecule has 0 radical (unpaired) electrons. The number of para-hydroxylation sites is 1. The highest BCUT2D eigenvalue weighted by molar-refractivity contribution is 5.92. The van der Waals surface area contributed by atoms with Crippen LogP contribution in [-0.4, -0.2) is 35.4 Å². The summed E-state index contributed by atoms with van der Waals surface area (Å²) in [6.45, 7) is 2.31. The van der Waals surface area contributed by atoms with Gasteiger partial charge in [-0.15, -0.1) is 0 Å². The number of amides is 1. The van der Waals surface area contributed by atoms with Crippen LogP contribution < -0.4 is 14.8 Å². The van der Waals surface area contributed by atoms with E-state index in [0.29, 0.717) is 31.3 Å². The smallest absolute Gasteiger partial charge is 0.272 e. The second-order valence-electron chi connectivity index (χ2n) is 4.71. The van der Waals surface area contributed by atoms with Crippen molar-refractivity contribution in [3.63, 3.8) is 0 Å². The monoisotopic (exact) mass is 287 g/mol. The molecule has 0 atom stereocenters. The molecule has 21 heavy (non-hydrogen) atoms. The minimum Gasteiger partial charge on any atom is -0.492 e. The fourth-order valence-corrected chi connectivity index (χ4v) is 2.12. The van der Waals surface area contributed by atoms with Crippen LogP contribution in [0.4, 0.5) is 0 Å². The molecular weight excluding hydrogens is 270 g/mol. The molecule has 1 aromatic heterocycles. The van der Waals surface area contributed by atoms with Crippen molar-refractivity contribution in [2.45, 2.75) is 13.0 Å². The van der Waals surface area contributed by atoms with Gasteiger partial charge in [-0.05, 0) is 12.1 Å². The first kappa shape index (κ1) is 13.5. The Kier molecular flexibility index (Phi) is 4.04. The fourth-order valence-electron chi connectivity index (χ4n) is 2.12. The van der Waals surface area contributed by atoms with Gasteiger partial charge in [0, 0.05) is 19.0 Å². The van der Waals surface area contributed by atoms with Crippen LogP contribution in [0.3, 0.4) is 0 Å². The van der Waals surface area contributed by atoms with Gasteiger partial charge in [-0.2, -0.15) is 5.10 Å². The molecule has 0 saturated heterocycles. The summed E-state index contributed by atoms with van der Waals surface area (Å²) >= 11 is 0. The van der Waals surface area contributed by atoms with Crippen molar-refractivity contribution in [2.75, 3.05) is 19.8 Å². The number of aromatic nitrogens is 2. The van der Waals surface area contributed by atoms with Gasteiger partial charge in [-0.1, -0.05) is 18.2 Å². The van der Waals surface area contributed by atoms with E-state index in [4.69, 9.17) is 9.47 Å². The number of ether oxygens (including phenoxy) is 2. The van der Waals surface area contributed by atoms with E-state index in [-0.39, 0.29) is 5.91 Å².